The molecular formula is C18H17NO6. The number of Topliss-reactive ketones (excluding diaryl/α,β-unsaturated/α-hetero) is 2. The lowest BCUT2D eigenvalue weighted by Crippen LogP contribution is -2.18. The lowest BCUT2D eigenvalue weighted by molar-refractivity contribution is 0.0465. The van der Waals surface area contributed by atoms with Crippen molar-refractivity contribution in [1.29, 1.82) is 0 Å². The van der Waals surface area contributed by atoms with E-state index >= 15 is 0 Å². The van der Waals surface area contributed by atoms with Crippen LogP contribution in [0.5, 0.6) is 11.5 Å². The molecule has 1 aromatic heterocycles. The van der Waals surface area contributed by atoms with Crippen molar-refractivity contribution in [3.63, 3.8) is 0 Å². The van der Waals surface area contributed by atoms with Crippen LogP contribution in [0.15, 0.2) is 30.5 Å². The maximum absolute atomic E-state index is 12.2. The third-order valence-electron chi connectivity index (χ3n) is 3.82. The zero-order valence-electron chi connectivity index (χ0n) is 13.9. The molecule has 7 nitrogen and oxygen atoms in total. The minimum absolute atomic E-state index is 0.151. The van der Waals surface area contributed by atoms with Crippen molar-refractivity contribution in [2.45, 2.75) is 6.92 Å². The predicted octanol–water partition coefficient (Wildman–Crippen LogP) is 2.04. The molecule has 1 aliphatic heterocycles. The number of aromatic nitrogens is 1. The highest BCUT2D eigenvalue weighted by molar-refractivity contribution is 6.00. The molecule has 7 heteroatoms. The van der Waals surface area contributed by atoms with E-state index < -0.39 is 12.6 Å². The zero-order chi connectivity index (χ0) is 18.0. The van der Waals surface area contributed by atoms with Gasteiger partial charge in [-0.2, -0.15) is 0 Å². The minimum Gasteiger partial charge on any atom is -0.486 e. The molecule has 0 N–H and O–H groups in total. The Morgan fingerprint density at radius 3 is 2.48 bits per heavy atom. The molecule has 3 rings (SSSR count). The number of carbonyl (C=O) groups excluding carboxylic acids is 3. The molecule has 0 saturated heterocycles. The van der Waals surface area contributed by atoms with Crippen molar-refractivity contribution in [3.8, 4) is 11.5 Å². The zero-order valence-corrected chi connectivity index (χ0v) is 13.9. The van der Waals surface area contributed by atoms with E-state index in [1.54, 1.807) is 31.4 Å². The van der Waals surface area contributed by atoms with Gasteiger partial charge in [0.1, 0.15) is 18.9 Å². The minimum atomic E-state index is -0.666. The maximum atomic E-state index is 12.2. The summed E-state index contributed by atoms with van der Waals surface area (Å²) < 4.78 is 17.4. The smallest absolute Gasteiger partial charge is 0.355 e. The number of nitrogens with zero attached hydrogens (tertiary/aromatic N) is 1. The Bertz CT molecular complexity index is 851. The summed E-state index contributed by atoms with van der Waals surface area (Å²) in [5, 5.41) is 0. The summed E-state index contributed by atoms with van der Waals surface area (Å²) in [6.07, 6.45) is 1.54. The van der Waals surface area contributed by atoms with Crippen LogP contribution in [0.3, 0.4) is 0 Å². The Hall–Kier alpha value is -3.09. The molecule has 0 unspecified atom stereocenters. The van der Waals surface area contributed by atoms with Gasteiger partial charge >= 0.3 is 5.97 Å². The normalized spacial score (nSPS) is 12.6. The first-order chi connectivity index (χ1) is 12.0. The molecule has 0 amide bonds. The van der Waals surface area contributed by atoms with E-state index in [-0.39, 0.29) is 17.3 Å². The number of carbonyl (C=O) groups is 3. The summed E-state index contributed by atoms with van der Waals surface area (Å²) in [7, 11) is 1.63. The molecule has 0 radical (unpaired) electrons. The molecule has 130 valence electrons. The average Bonchev–Trinajstić information content (AvgIpc) is 3.01. The lowest BCUT2D eigenvalue weighted by Gasteiger charge is -2.18. The Morgan fingerprint density at radius 1 is 1.08 bits per heavy atom. The molecule has 0 bridgehead atoms. The van der Waals surface area contributed by atoms with Gasteiger partial charge in [0.25, 0.3) is 0 Å². The lowest BCUT2D eigenvalue weighted by atomic mass is 10.1. The van der Waals surface area contributed by atoms with Gasteiger partial charge in [-0.15, -0.1) is 0 Å². The molecule has 0 spiro atoms. The van der Waals surface area contributed by atoms with Gasteiger partial charge in [-0.3, -0.25) is 9.59 Å². The van der Waals surface area contributed by atoms with Crippen molar-refractivity contribution in [2.75, 3.05) is 19.8 Å². The van der Waals surface area contributed by atoms with Crippen LogP contribution in [0.1, 0.15) is 38.1 Å². The number of hydrogen-bond donors (Lipinski definition) is 0. The van der Waals surface area contributed by atoms with Crippen molar-refractivity contribution >= 4 is 17.5 Å². The summed E-state index contributed by atoms with van der Waals surface area (Å²) in [4.78, 5) is 35.7. The van der Waals surface area contributed by atoms with E-state index in [9.17, 15) is 14.4 Å². The molecule has 0 aliphatic carbocycles. The summed E-state index contributed by atoms with van der Waals surface area (Å²) in [5.41, 5.74) is 0.987. The first-order valence-electron chi connectivity index (χ1n) is 7.73. The molecular weight excluding hydrogens is 326 g/mol. The van der Waals surface area contributed by atoms with Gasteiger partial charge in [-0.1, -0.05) is 0 Å². The fraction of sp³-hybridized carbons (Fsp3) is 0.278. The molecule has 0 atom stereocenters. The number of rotatable bonds is 5. The van der Waals surface area contributed by atoms with Crippen LogP contribution in [0.2, 0.25) is 0 Å². The fourth-order valence-corrected chi connectivity index (χ4v) is 2.47. The van der Waals surface area contributed by atoms with Crippen LogP contribution in [-0.4, -0.2) is 41.9 Å². The number of hydrogen-bond acceptors (Lipinski definition) is 6. The van der Waals surface area contributed by atoms with Crippen LogP contribution in [0.25, 0.3) is 0 Å². The van der Waals surface area contributed by atoms with E-state index in [4.69, 9.17) is 14.2 Å². The molecule has 0 saturated carbocycles. The first-order valence-corrected chi connectivity index (χ1v) is 7.73. The molecule has 2 heterocycles. The van der Waals surface area contributed by atoms with Gasteiger partial charge in [0.2, 0.25) is 0 Å². The molecule has 25 heavy (non-hydrogen) atoms. The molecule has 1 aliphatic rings. The first kappa shape index (κ1) is 16.8. The van der Waals surface area contributed by atoms with Gasteiger partial charge in [-0.05, 0) is 31.2 Å². The second-order valence-electron chi connectivity index (χ2n) is 5.64. The second kappa shape index (κ2) is 6.80. The highest BCUT2D eigenvalue weighted by Crippen LogP contribution is 2.30. The summed E-state index contributed by atoms with van der Waals surface area (Å²) in [5.74, 6) is -0.0912. The van der Waals surface area contributed by atoms with E-state index in [1.165, 1.54) is 17.6 Å². The van der Waals surface area contributed by atoms with E-state index in [0.717, 1.165) is 0 Å². The van der Waals surface area contributed by atoms with E-state index in [0.29, 0.717) is 35.8 Å². The van der Waals surface area contributed by atoms with Crippen LogP contribution >= 0.6 is 0 Å². The van der Waals surface area contributed by atoms with Gasteiger partial charge in [0, 0.05) is 24.4 Å². The van der Waals surface area contributed by atoms with Crippen LogP contribution in [0.4, 0.5) is 0 Å². The van der Waals surface area contributed by atoms with Crippen LogP contribution in [-0.2, 0) is 11.8 Å². The molecule has 2 aromatic rings. The Labute approximate surface area is 144 Å². The topological polar surface area (TPSA) is 83.8 Å². The standard InChI is InChI=1S/C18H17NO6/c1-11(20)13-7-14(19(2)9-13)18(22)25-10-15(21)12-3-4-16-17(8-12)24-6-5-23-16/h3-4,7-9H,5-6,10H2,1-2H3. The monoisotopic (exact) mass is 343 g/mol. The highest BCUT2D eigenvalue weighted by Gasteiger charge is 2.19. The third kappa shape index (κ3) is 3.55. The van der Waals surface area contributed by atoms with Crippen molar-refractivity contribution in [2.24, 2.45) is 7.05 Å². The Morgan fingerprint density at radius 2 is 1.80 bits per heavy atom. The maximum Gasteiger partial charge on any atom is 0.355 e. The average molecular weight is 343 g/mol. The summed E-state index contributed by atoms with van der Waals surface area (Å²) >= 11 is 0. The van der Waals surface area contributed by atoms with Crippen LogP contribution < -0.4 is 9.47 Å². The third-order valence-corrected chi connectivity index (χ3v) is 3.82. The van der Waals surface area contributed by atoms with Crippen molar-refractivity contribution in [3.05, 3.63) is 47.3 Å². The highest BCUT2D eigenvalue weighted by atomic mass is 16.6. The van der Waals surface area contributed by atoms with E-state index in [1.807, 2.05) is 0 Å². The molecule has 0 fully saturated rings. The summed E-state index contributed by atoms with van der Waals surface area (Å²) in [6.45, 7) is 1.90. The predicted molar refractivity (Wildman–Crippen MR) is 87.5 cm³/mol. The summed E-state index contributed by atoms with van der Waals surface area (Å²) in [6, 6.07) is 6.26. The van der Waals surface area contributed by atoms with Gasteiger partial charge < -0.3 is 18.8 Å². The number of aryl methyl sites for hydroxylation is 1. The van der Waals surface area contributed by atoms with E-state index in [2.05, 4.69) is 0 Å². The molecule has 1 aromatic carbocycles. The second-order valence-corrected chi connectivity index (χ2v) is 5.64. The van der Waals surface area contributed by atoms with Gasteiger partial charge in [-0.25, -0.2) is 4.79 Å². The van der Waals surface area contributed by atoms with Crippen molar-refractivity contribution in [1.82, 2.24) is 4.57 Å². The SMILES string of the molecule is CC(=O)c1cc(C(=O)OCC(=O)c2ccc3c(c2)OCCO3)n(C)c1. The van der Waals surface area contributed by atoms with Gasteiger partial charge in [0.05, 0.1) is 0 Å². The largest absolute Gasteiger partial charge is 0.486 e. The number of fused-ring (bicyclic) bond motifs is 1. The van der Waals surface area contributed by atoms with Crippen molar-refractivity contribution < 1.29 is 28.6 Å². The Balaban J connectivity index is 1.66. The number of esters is 1. The quantitative estimate of drug-likeness (QED) is 0.610. The van der Waals surface area contributed by atoms with Crippen LogP contribution in [0, 0.1) is 0 Å². The number of benzene rings is 1. The Kier molecular flexibility index (Phi) is 4.56. The number of ether oxygens (including phenoxy) is 3. The van der Waals surface area contributed by atoms with Gasteiger partial charge in [0.15, 0.2) is 29.7 Å². The number of ketones is 2. The fourth-order valence-electron chi connectivity index (χ4n) is 2.47.